The van der Waals surface area contributed by atoms with Crippen LogP contribution in [-0.4, -0.2) is 20.9 Å². The highest BCUT2D eigenvalue weighted by Crippen LogP contribution is 2.26. The minimum atomic E-state index is 0.364. The Kier molecular flexibility index (Phi) is 4.58. The number of rotatable bonds is 4. The second-order valence-corrected chi connectivity index (χ2v) is 6.08. The maximum Gasteiger partial charge on any atom is 0.138 e. The molecule has 2 aromatic rings. The number of nitrogens with zero attached hydrogens (tertiary/aromatic N) is 3. The van der Waals surface area contributed by atoms with Crippen molar-refractivity contribution in [3.63, 3.8) is 0 Å². The molecule has 2 aromatic heterocycles. The second-order valence-electron chi connectivity index (χ2n) is 5.52. The largest absolute Gasteiger partial charge is 0.489 e. The van der Waals surface area contributed by atoms with Gasteiger partial charge >= 0.3 is 0 Å². The summed E-state index contributed by atoms with van der Waals surface area (Å²) in [7, 11) is 1.95. The molecule has 0 radical (unpaired) electrons. The van der Waals surface area contributed by atoms with Crippen molar-refractivity contribution in [3.05, 3.63) is 30.2 Å². The molecular formula is C16H20BrN3O. The fourth-order valence-corrected chi connectivity index (χ4v) is 3.49. The fraction of sp³-hybridized carbons (Fsp3) is 0.500. The zero-order chi connectivity index (χ0) is 14.7. The van der Waals surface area contributed by atoms with Gasteiger partial charge in [-0.25, -0.2) is 0 Å². The highest BCUT2D eigenvalue weighted by atomic mass is 79.9. The van der Waals surface area contributed by atoms with Crippen molar-refractivity contribution in [2.24, 2.45) is 7.05 Å². The summed E-state index contributed by atoms with van der Waals surface area (Å²) in [5.41, 5.74) is 3.13. The molecule has 0 aliphatic heterocycles. The van der Waals surface area contributed by atoms with Gasteiger partial charge in [0.05, 0.1) is 29.9 Å². The molecule has 1 aliphatic carbocycles. The van der Waals surface area contributed by atoms with Gasteiger partial charge in [-0.1, -0.05) is 22.4 Å². The number of alkyl halides is 1. The molecule has 0 aromatic carbocycles. The van der Waals surface area contributed by atoms with Gasteiger partial charge in [0, 0.05) is 17.9 Å². The molecule has 0 spiro atoms. The first-order chi connectivity index (χ1) is 10.3. The van der Waals surface area contributed by atoms with E-state index in [9.17, 15) is 0 Å². The Morgan fingerprint density at radius 3 is 2.71 bits per heavy atom. The Balaban J connectivity index is 1.74. The molecule has 0 atom stereocenters. The van der Waals surface area contributed by atoms with E-state index in [1.54, 1.807) is 0 Å². The maximum atomic E-state index is 6.02. The van der Waals surface area contributed by atoms with Crippen LogP contribution in [0.5, 0.6) is 5.75 Å². The van der Waals surface area contributed by atoms with E-state index in [1.165, 1.54) is 19.3 Å². The SMILES string of the molecule is Cn1ncc(-c2ccc(OC3CCCCC3)cn2)c1CBr. The molecule has 0 saturated heterocycles. The van der Waals surface area contributed by atoms with Crippen LogP contribution in [0.1, 0.15) is 37.8 Å². The third-order valence-electron chi connectivity index (χ3n) is 4.06. The average Bonchev–Trinajstić information content (AvgIpc) is 2.90. The van der Waals surface area contributed by atoms with E-state index in [4.69, 9.17) is 4.74 Å². The van der Waals surface area contributed by atoms with Crippen molar-refractivity contribution in [1.29, 1.82) is 0 Å². The number of halogens is 1. The summed E-state index contributed by atoms with van der Waals surface area (Å²) >= 11 is 3.50. The molecular weight excluding hydrogens is 330 g/mol. The molecule has 1 fully saturated rings. The third kappa shape index (κ3) is 3.28. The molecule has 0 unspecified atom stereocenters. The van der Waals surface area contributed by atoms with Gasteiger partial charge in [-0.05, 0) is 37.8 Å². The minimum absolute atomic E-state index is 0.364. The van der Waals surface area contributed by atoms with Crippen LogP contribution in [0, 0.1) is 0 Å². The summed E-state index contributed by atoms with van der Waals surface area (Å²) in [4.78, 5) is 4.54. The summed E-state index contributed by atoms with van der Waals surface area (Å²) < 4.78 is 7.89. The van der Waals surface area contributed by atoms with Crippen molar-refractivity contribution in [2.45, 2.75) is 43.5 Å². The monoisotopic (exact) mass is 349 g/mol. The van der Waals surface area contributed by atoms with E-state index in [0.29, 0.717) is 6.10 Å². The van der Waals surface area contributed by atoms with E-state index in [0.717, 1.165) is 40.9 Å². The lowest BCUT2D eigenvalue weighted by atomic mass is 9.98. The summed E-state index contributed by atoms with van der Waals surface area (Å²) in [5, 5.41) is 5.06. The van der Waals surface area contributed by atoms with E-state index in [2.05, 4.69) is 26.0 Å². The number of aromatic nitrogens is 3. The van der Waals surface area contributed by atoms with Gasteiger partial charge in [-0.3, -0.25) is 9.67 Å². The standard InChI is InChI=1S/C16H20BrN3O/c1-20-16(9-17)14(11-19-20)15-8-7-13(10-18-15)21-12-5-3-2-4-6-12/h7-8,10-12H,2-6,9H2,1H3. The van der Waals surface area contributed by atoms with Crippen molar-refractivity contribution >= 4 is 15.9 Å². The zero-order valence-corrected chi connectivity index (χ0v) is 13.8. The topological polar surface area (TPSA) is 39.9 Å². The van der Waals surface area contributed by atoms with Crippen molar-refractivity contribution < 1.29 is 4.74 Å². The number of hydrogen-bond acceptors (Lipinski definition) is 3. The van der Waals surface area contributed by atoms with Crippen molar-refractivity contribution in [1.82, 2.24) is 14.8 Å². The first-order valence-corrected chi connectivity index (χ1v) is 8.60. The Morgan fingerprint density at radius 1 is 1.24 bits per heavy atom. The molecule has 1 aliphatic rings. The highest BCUT2D eigenvalue weighted by molar-refractivity contribution is 9.08. The number of ether oxygens (including phenoxy) is 1. The first-order valence-electron chi connectivity index (χ1n) is 7.48. The second kappa shape index (κ2) is 6.60. The smallest absolute Gasteiger partial charge is 0.138 e. The van der Waals surface area contributed by atoms with Crippen LogP contribution in [0.4, 0.5) is 0 Å². The minimum Gasteiger partial charge on any atom is -0.489 e. The lowest BCUT2D eigenvalue weighted by molar-refractivity contribution is 0.154. The van der Waals surface area contributed by atoms with Gasteiger partial charge in [0.1, 0.15) is 5.75 Å². The maximum absolute atomic E-state index is 6.02. The molecule has 5 heteroatoms. The van der Waals surface area contributed by atoms with Gasteiger partial charge in [-0.15, -0.1) is 0 Å². The summed E-state index contributed by atoms with van der Waals surface area (Å²) in [5.74, 6) is 0.870. The molecule has 112 valence electrons. The lowest BCUT2D eigenvalue weighted by Crippen LogP contribution is -2.19. The molecule has 0 amide bonds. The fourth-order valence-electron chi connectivity index (χ4n) is 2.82. The van der Waals surface area contributed by atoms with Crippen LogP contribution in [0.25, 0.3) is 11.3 Å². The van der Waals surface area contributed by atoms with E-state index in [-0.39, 0.29) is 0 Å². The van der Waals surface area contributed by atoms with Crippen LogP contribution in [0.15, 0.2) is 24.5 Å². The molecule has 2 heterocycles. The van der Waals surface area contributed by atoms with Crippen LogP contribution < -0.4 is 4.74 Å². The van der Waals surface area contributed by atoms with E-state index < -0.39 is 0 Å². The van der Waals surface area contributed by atoms with Crippen LogP contribution in [-0.2, 0) is 12.4 Å². The first kappa shape index (κ1) is 14.6. The summed E-state index contributed by atoms with van der Waals surface area (Å²) in [6, 6.07) is 4.03. The number of pyridine rings is 1. The number of aryl methyl sites for hydroxylation is 1. The molecule has 1 saturated carbocycles. The van der Waals surface area contributed by atoms with Crippen LogP contribution in [0.2, 0.25) is 0 Å². The van der Waals surface area contributed by atoms with Crippen LogP contribution >= 0.6 is 15.9 Å². The van der Waals surface area contributed by atoms with Gasteiger partial charge in [0.15, 0.2) is 0 Å². The van der Waals surface area contributed by atoms with Gasteiger partial charge < -0.3 is 4.74 Å². The Labute approximate surface area is 133 Å². The average molecular weight is 350 g/mol. The zero-order valence-electron chi connectivity index (χ0n) is 12.3. The third-order valence-corrected chi connectivity index (χ3v) is 4.59. The van der Waals surface area contributed by atoms with Gasteiger partial charge in [0.2, 0.25) is 0 Å². The molecule has 4 nitrogen and oxygen atoms in total. The predicted molar refractivity (Wildman–Crippen MR) is 86.6 cm³/mol. The molecule has 0 bridgehead atoms. The van der Waals surface area contributed by atoms with Crippen LogP contribution in [0.3, 0.4) is 0 Å². The van der Waals surface area contributed by atoms with Crippen molar-refractivity contribution in [2.75, 3.05) is 0 Å². The molecule has 0 N–H and O–H groups in total. The Hall–Kier alpha value is -1.36. The lowest BCUT2D eigenvalue weighted by Gasteiger charge is -2.22. The van der Waals surface area contributed by atoms with E-state index in [1.807, 2.05) is 36.3 Å². The highest BCUT2D eigenvalue weighted by Gasteiger charge is 2.15. The van der Waals surface area contributed by atoms with Gasteiger partial charge in [-0.2, -0.15) is 5.10 Å². The van der Waals surface area contributed by atoms with E-state index >= 15 is 0 Å². The summed E-state index contributed by atoms with van der Waals surface area (Å²) in [6.07, 6.45) is 10.3. The quantitative estimate of drug-likeness (QED) is 0.780. The summed E-state index contributed by atoms with van der Waals surface area (Å²) in [6.45, 7) is 0. The van der Waals surface area contributed by atoms with Crippen molar-refractivity contribution in [3.8, 4) is 17.0 Å². The normalized spacial score (nSPS) is 16.1. The Morgan fingerprint density at radius 2 is 2.05 bits per heavy atom. The van der Waals surface area contributed by atoms with Gasteiger partial charge in [0.25, 0.3) is 0 Å². The number of hydrogen-bond donors (Lipinski definition) is 0. The Bertz CT molecular complexity index is 588. The molecule has 3 rings (SSSR count). The molecule has 21 heavy (non-hydrogen) atoms. The predicted octanol–water partition coefficient (Wildman–Crippen LogP) is 4.09.